The number of rotatable bonds is 21. The summed E-state index contributed by atoms with van der Waals surface area (Å²) < 4.78 is 42.0. The van der Waals surface area contributed by atoms with E-state index in [0.29, 0.717) is 79.2 Å². The molecule has 0 radical (unpaired) electrons. The number of carbonyl (C=O) groups excluding carboxylic acids is 1. The van der Waals surface area contributed by atoms with E-state index in [4.69, 9.17) is 37.9 Å². The molecule has 1 N–H and O–H groups in total. The third kappa shape index (κ3) is 19.4. The van der Waals surface area contributed by atoms with Crippen molar-refractivity contribution in [1.29, 1.82) is 0 Å². The molecule has 1 aliphatic heterocycles. The molecule has 1 aliphatic rings. The molecular formula is C20H40N2O9. The first-order valence-electron chi connectivity index (χ1n) is 10.9. The lowest BCUT2D eigenvalue weighted by molar-refractivity contribution is -0.0168. The van der Waals surface area contributed by atoms with E-state index in [0.717, 1.165) is 32.8 Å². The van der Waals surface area contributed by atoms with Crippen molar-refractivity contribution in [1.82, 2.24) is 10.2 Å². The van der Waals surface area contributed by atoms with Crippen LogP contribution in [0.2, 0.25) is 0 Å². The van der Waals surface area contributed by atoms with Gasteiger partial charge in [0.15, 0.2) is 0 Å². The molecule has 1 amide bonds. The predicted octanol–water partition coefficient (Wildman–Crippen LogP) is -0.226. The van der Waals surface area contributed by atoms with Crippen molar-refractivity contribution in [3.8, 4) is 0 Å². The zero-order chi connectivity index (χ0) is 22.2. The molecule has 1 heterocycles. The zero-order valence-electron chi connectivity index (χ0n) is 18.8. The molecule has 0 aromatic carbocycles. The van der Waals surface area contributed by atoms with Gasteiger partial charge in [-0.3, -0.25) is 4.90 Å². The van der Waals surface area contributed by atoms with Crippen LogP contribution in [0.5, 0.6) is 0 Å². The van der Waals surface area contributed by atoms with Crippen LogP contribution < -0.4 is 5.32 Å². The standard InChI is InChI=1S/C20H40N2O9/c1-24-8-9-26-10-11-27-12-13-28-14-15-29-16-17-30-18-19-31-20(23)21-2-3-22-4-6-25-7-5-22/h2-19H2,1H3,(H,21,23). The van der Waals surface area contributed by atoms with E-state index >= 15 is 0 Å². The highest BCUT2D eigenvalue weighted by Gasteiger charge is 2.10. The third-order valence-corrected chi connectivity index (χ3v) is 4.18. The Kier molecular flexibility index (Phi) is 20.0. The van der Waals surface area contributed by atoms with Crippen molar-refractivity contribution in [2.75, 3.05) is 126 Å². The van der Waals surface area contributed by atoms with Gasteiger partial charge in [-0.15, -0.1) is 0 Å². The molecule has 0 atom stereocenters. The van der Waals surface area contributed by atoms with E-state index in [1.807, 2.05) is 0 Å². The number of morpholine rings is 1. The van der Waals surface area contributed by atoms with Gasteiger partial charge in [-0.05, 0) is 0 Å². The van der Waals surface area contributed by atoms with Crippen molar-refractivity contribution in [2.24, 2.45) is 0 Å². The van der Waals surface area contributed by atoms with E-state index in [1.54, 1.807) is 7.11 Å². The van der Waals surface area contributed by atoms with Gasteiger partial charge in [0.2, 0.25) is 0 Å². The normalized spacial score (nSPS) is 14.6. The van der Waals surface area contributed by atoms with Gasteiger partial charge in [0.25, 0.3) is 0 Å². The van der Waals surface area contributed by atoms with Crippen LogP contribution in [0.4, 0.5) is 4.79 Å². The Morgan fingerprint density at radius 1 is 0.742 bits per heavy atom. The molecule has 0 bridgehead atoms. The Morgan fingerprint density at radius 2 is 1.19 bits per heavy atom. The molecule has 0 aromatic heterocycles. The summed E-state index contributed by atoms with van der Waals surface area (Å²) >= 11 is 0. The topological polar surface area (TPSA) is 106 Å². The summed E-state index contributed by atoms with van der Waals surface area (Å²) in [6.07, 6.45) is -0.423. The van der Waals surface area contributed by atoms with Crippen LogP contribution in [0.25, 0.3) is 0 Å². The maximum atomic E-state index is 11.6. The molecule has 11 nitrogen and oxygen atoms in total. The Balaban J connectivity index is 1.70. The number of carbonyl (C=O) groups is 1. The summed E-state index contributed by atoms with van der Waals surface area (Å²) in [6.45, 7) is 10.4. The van der Waals surface area contributed by atoms with Crippen molar-refractivity contribution < 1.29 is 42.7 Å². The number of amides is 1. The van der Waals surface area contributed by atoms with Gasteiger partial charge in [0.05, 0.1) is 85.9 Å². The Morgan fingerprint density at radius 3 is 1.68 bits per heavy atom. The summed E-state index contributed by atoms with van der Waals surface area (Å²) in [6, 6.07) is 0. The molecule has 0 spiro atoms. The molecule has 31 heavy (non-hydrogen) atoms. The third-order valence-electron chi connectivity index (χ3n) is 4.18. The second-order valence-corrected chi connectivity index (χ2v) is 6.57. The number of hydrogen-bond donors (Lipinski definition) is 1. The first-order valence-corrected chi connectivity index (χ1v) is 10.9. The minimum Gasteiger partial charge on any atom is -0.447 e. The Bertz CT molecular complexity index is 399. The summed E-state index contributed by atoms with van der Waals surface area (Å²) in [5, 5.41) is 2.73. The van der Waals surface area contributed by atoms with Crippen LogP contribution in [0.3, 0.4) is 0 Å². The van der Waals surface area contributed by atoms with Gasteiger partial charge >= 0.3 is 6.09 Å². The number of nitrogens with one attached hydrogen (secondary N) is 1. The minimum absolute atomic E-state index is 0.212. The minimum atomic E-state index is -0.423. The quantitative estimate of drug-likeness (QED) is 0.235. The lowest BCUT2D eigenvalue weighted by Gasteiger charge is -2.26. The van der Waals surface area contributed by atoms with Crippen molar-refractivity contribution in [3.05, 3.63) is 0 Å². The lowest BCUT2D eigenvalue weighted by atomic mass is 10.4. The number of methoxy groups -OCH3 is 1. The molecule has 0 aromatic rings. The van der Waals surface area contributed by atoms with Gasteiger partial charge in [0, 0.05) is 33.3 Å². The van der Waals surface area contributed by atoms with Crippen molar-refractivity contribution >= 4 is 6.09 Å². The van der Waals surface area contributed by atoms with Crippen LogP contribution in [-0.4, -0.2) is 137 Å². The first-order chi connectivity index (χ1) is 15.3. The van der Waals surface area contributed by atoms with Crippen LogP contribution in [0, 0.1) is 0 Å². The zero-order valence-corrected chi connectivity index (χ0v) is 18.8. The second kappa shape index (κ2) is 22.2. The summed E-state index contributed by atoms with van der Waals surface area (Å²) in [5.41, 5.74) is 0. The SMILES string of the molecule is COCCOCCOCCOCCOCCOCCOC(=O)NCCN1CCOCC1. The average Bonchev–Trinajstić information content (AvgIpc) is 2.79. The predicted molar refractivity (Wildman–Crippen MR) is 113 cm³/mol. The Hall–Kier alpha value is -1.05. The van der Waals surface area contributed by atoms with E-state index in [-0.39, 0.29) is 6.61 Å². The summed E-state index contributed by atoms with van der Waals surface area (Å²) in [7, 11) is 1.64. The summed E-state index contributed by atoms with van der Waals surface area (Å²) in [4.78, 5) is 13.8. The Labute approximate surface area is 185 Å². The molecule has 0 aliphatic carbocycles. The highest BCUT2D eigenvalue weighted by Crippen LogP contribution is 1.94. The number of hydrogen-bond acceptors (Lipinski definition) is 10. The van der Waals surface area contributed by atoms with E-state index < -0.39 is 6.09 Å². The van der Waals surface area contributed by atoms with Crippen LogP contribution >= 0.6 is 0 Å². The van der Waals surface area contributed by atoms with Crippen molar-refractivity contribution in [3.63, 3.8) is 0 Å². The van der Waals surface area contributed by atoms with Gasteiger partial charge in [-0.25, -0.2) is 4.79 Å². The van der Waals surface area contributed by atoms with Crippen LogP contribution in [0.15, 0.2) is 0 Å². The number of ether oxygens (including phenoxy) is 8. The fourth-order valence-corrected chi connectivity index (χ4v) is 2.51. The molecule has 11 heteroatoms. The molecule has 1 saturated heterocycles. The van der Waals surface area contributed by atoms with Crippen molar-refractivity contribution in [2.45, 2.75) is 0 Å². The van der Waals surface area contributed by atoms with Gasteiger partial charge < -0.3 is 43.2 Å². The highest BCUT2D eigenvalue weighted by atomic mass is 16.6. The lowest BCUT2D eigenvalue weighted by Crippen LogP contribution is -2.41. The maximum absolute atomic E-state index is 11.6. The molecular weight excluding hydrogens is 412 g/mol. The second-order valence-electron chi connectivity index (χ2n) is 6.57. The summed E-state index contributed by atoms with van der Waals surface area (Å²) in [5.74, 6) is 0. The van der Waals surface area contributed by atoms with Gasteiger partial charge in [0.1, 0.15) is 6.61 Å². The fourth-order valence-electron chi connectivity index (χ4n) is 2.51. The fraction of sp³-hybridized carbons (Fsp3) is 0.950. The molecule has 184 valence electrons. The van der Waals surface area contributed by atoms with Crippen LogP contribution in [0.1, 0.15) is 0 Å². The molecule has 1 fully saturated rings. The molecule has 0 saturated carbocycles. The van der Waals surface area contributed by atoms with Gasteiger partial charge in [-0.1, -0.05) is 0 Å². The smallest absolute Gasteiger partial charge is 0.407 e. The van der Waals surface area contributed by atoms with E-state index in [9.17, 15) is 4.79 Å². The van der Waals surface area contributed by atoms with Gasteiger partial charge in [-0.2, -0.15) is 0 Å². The number of nitrogens with zero attached hydrogens (tertiary/aromatic N) is 1. The molecule has 1 rings (SSSR count). The highest BCUT2D eigenvalue weighted by molar-refractivity contribution is 5.67. The monoisotopic (exact) mass is 452 g/mol. The maximum Gasteiger partial charge on any atom is 0.407 e. The average molecular weight is 453 g/mol. The van der Waals surface area contributed by atoms with E-state index in [1.165, 1.54) is 0 Å². The molecule has 0 unspecified atom stereocenters. The largest absolute Gasteiger partial charge is 0.447 e. The van der Waals surface area contributed by atoms with E-state index in [2.05, 4.69) is 10.2 Å². The number of alkyl carbamates (subject to hydrolysis) is 1. The first kappa shape index (κ1) is 28.0. The van der Waals surface area contributed by atoms with Crippen LogP contribution in [-0.2, 0) is 37.9 Å².